The van der Waals surface area contributed by atoms with Crippen LogP contribution in [0.4, 0.5) is 10.5 Å². The van der Waals surface area contributed by atoms with Crippen molar-refractivity contribution in [2.24, 2.45) is 0 Å². The Labute approximate surface area is 166 Å². The van der Waals surface area contributed by atoms with E-state index in [2.05, 4.69) is 47.0 Å². The van der Waals surface area contributed by atoms with Gasteiger partial charge in [-0.25, -0.2) is 4.79 Å². The van der Waals surface area contributed by atoms with Crippen molar-refractivity contribution in [1.29, 1.82) is 0 Å². The Bertz CT molecular complexity index is 816. The Morgan fingerprint density at radius 2 is 1.79 bits per heavy atom. The van der Waals surface area contributed by atoms with E-state index in [4.69, 9.17) is 0 Å². The molecule has 1 aliphatic carbocycles. The molecule has 6 heteroatoms. The van der Waals surface area contributed by atoms with Crippen LogP contribution in [0.15, 0.2) is 48.5 Å². The Balaban J connectivity index is 1.50. The maximum Gasteiger partial charge on any atom is 0.319 e. The second-order valence-electron chi connectivity index (χ2n) is 7.28. The summed E-state index contributed by atoms with van der Waals surface area (Å²) >= 11 is 0. The zero-order valence-electron chi connectivity index (χ0n) is 16.5. The first-order valence-electron chi connectivity index (χ1n) is 9.75. The summed E-state index contributed by atoms with van der Waals surface area (Å²) in [5.41, 5.74) is 3.54. The van der Waals surface area contributed by atoms with Crippen LogP contribution in [0, 0.1) is 0 Å². The smallest absolute Gasteiger partial charge is 0.319 e. The molecular weight excluding hydrogens is 352 g/mol. The molecule has 0 spiro atoms. The molecule has 6 nitrogen and oxygen atoms in total. The third kappa shape index (κ3) is 6.09. The molecule has 148 valence electrons. The van der Waals surface area contributed by atoms with Crippen LogP contribution in [0.2, 0.25) is 0 Å². The summed E-state index contributed by atoms with van der Waals surface area (Å²) in [4.78, 5) is 26.4. The quantitative estimate of drug-likeness (QED) is 0.657. The van der Waals surface area contributed by atoms with Gasteiger partial charge >= 0.3 is 6.03 Å². The standard InChI is InChI=1S/C22H28N4O2/c1-3-26(2)15-17-6-4-5-16(13-17)14-23-21(27)18-7-9-19(10-8-18)24-22(28)25-20-11-12-20/h4-10,13,20H,3,11-12,14-15H2,1-2H3,(H,23,27)(H2,24,25,28). The molecule has 3 N–H and O–H groups in total. The van der Waals surface area contributed by atoms with Crippen LogP contribution in [0.5, 0.6) is 0 Å². The molecule has 0 aromatic heterocycles. The number of carbonyl (C=O) groups is 2. The highest BCUT2D eigenvalue weighted by molar-refractivity contribution is 5.95. The molecule has 2 aromatic rings. The van der Waals surface area contributed by atoms with E-state index in [1.165, 1.54) is 5.56 Å². The number of benzene rings is 2. The average molecular weight is 380 g/mol. The second kappa shape index (κ2) is 9.37. The molecule has 0 unspecified atom stereocenters. The minimum Gasteiger partial charge on any atom is -0.348 e. The van der Waals surface area contributed by atoms with Crippen molar-refractivity contribution in [2.45, 2.75) is 38.9 Å². The minimum atomic E-state index is -0.201. The van der Waals surface area contributed by atoms with Gasteiger partial charge in [0.15, 0.2) is 0 Å². The number of nitrogens with one attached hydrogen (secondary N) is 3. The molecular formula is C22H28N4O2. The third-order valence-electron chi connectivity index (χ3n) is 4.75. The van der Waals surface area contributed by atoms with Gasteiger partial charge < -0.3 is 20.9 Å². The van der Waals surface area contributed by atoms with Crippen LogP contribution < -0.4 is 16.0 Å². The SMILES string of the molecule is CCN(C)Cc1cccc(CNC(=O)c2ccc(NC(=O)NC3CC3)cc2)c1. The largest absolute Gasteiger partial charge is 0.348 e. The number of amides is 3. The topological polar surface area (TPSA) is 73.5 Å². The van der Waals surface area contributed by atoms with E-state index in [1.807, 2.05) is 12.1 Å². The van der Waals surface area contributed by atoms with Gasteiger partial charge in [0.1, 0.15) is 0 Å². The predicted octanol–water partition coefficient (Wildman–Crippen LogP) is 3.35. The van der Waals surface area contributed by atoms with Crippen molar-refractivity contribution in [3.63, 3.8) is 0 Å². The number of urea groups is 1. The summed E-state index contributed by atoms with van der Waals surface area (Å²) in [5, 5.41) is 8.60. The fourth-order valence-electron chi connectivity index (χ4n) is 2.83. The maximum absolute atomic E-state index is 12.4. The van der Waals surface area contributed by atoms with Crippen LogP contribution in [-0.4, -0.2) is 36.5 Å². The summed E-state index contributed by atoms with van der Waals surface area (Å²) < 4.78 is 0. The maximum atomic E-state index is 12.4. The highest BCUT2D eigenvalue weighted by atomic mass is 16.2. The van der Waals surface area contributed by atoms with Crippen LogP contribution in [0.3, 0.4) is 0 Å². The van der Waals surface area contributed by atoms with Gasteiger partial charge in [-0.05, 0) is 61.8 Å². The van der Waals surface area contributed by atoms with Crippen molar-refractivity contribution < 1.29 is 9.59 Å². The molecule has 1 saturated carbocycles. The number of anilines is 1. The first-order valence-corrected chi connectivity index (χ1v) is 9.75. The van der Waals surface area contributed by atoms with Crippen molar-refractivity contribution in [3.05, 3.63) is 65.2 Å². The lowest BCUT2D eigenvalue weighted by molar-refractivity contribution is 0.0951. The van der Waals surface area contributed by atoms with E-state index in [1.54, 1.807) is 24.3 Å². The van der Waals surface area contributed by atoms with E-state index in [-0.39, 0.29) is 11.9 Å². The van der Waals surface area contributed by atoms with E-state index in [0.29, 0.717) is 23.8 Å². The third-order valence-corrected chi connectivity index (χ3v) is 4.75. The van der Waals surface area contributed by atoms with Gasteiger partial charge in [0, 0.05) is 30.4 Å². The van der Waals surface area contributed by atoms with E-state index < -0.39 is 0 Å². The lowest BCUT2D eigenvalue weighted by Gasteiger charge is -2.14. The summed E-state index contributed by atoms with van der Waals surface area (Å²) in [6.45, 7) is 4.49. The summed E-state index contributed by atoms with van der Waals surface area (Å²) in [6, 6.07) is 15.3. The van der Waals surface area contributed by atoms with Gasteiger partial charge in [0.2, 0.25) is 0 Å². The zero-order valence-corrected chi connectivity index (χ0v) is 16.5. The molecule has 0 aliphatic heterocycles. The molecule has 1 aliphatic rings. The van der Waals surface area contributed by atoms with E-state index in [0.717, 1.165) is 31.5 Å². The number of carbonyl (C=O) groups excluding carboxylic acids is 2. The highest BCUT2D eigenvalue weighted by Crippen LogP contribution is 2.19. The lowest BCUT2D eigenvalue weighted by Crippen LogP contribution is -2.30. The van der Waals surface area contributed by atoms with Crippen LogP contribution in [0.1, 0.15) is 41.3 Å². The normalized spacial score (nSPS) is 13.2. The Hall–Kier alpha value is -2.86. The fraction of sp³-hybridized carbons (Fsp3) is 0.364. The van der Waals surface area contributed by atoms with Gasteiger partial charge in [-0.15, -0.1) is 0 Å². The van der Waals surface area contributed by atoms with Gasteiger partial charge in [0.05, 0.1) is 0 Å². The second-order valence-corrected chi connectivity index (χ2v) is 7.28. The van der Waals surface area contributed by atoms with Crippen molar-refractivity contribution in [2.75, 3.05) is 18.9 Å². The first kappa shape index (κ1) is 19.9. The summed E-state index contributed by atoms with van der Waals surface area (Å²) in [7, 11) is 2.09. The first-order chi connectivity index (χ1) is 13.5. The molecule has 1 fully saturated rings. The molecule has 0 saturated heterocycles. The van der Waals surface area contributed by atoms with Crippen molar-refractivity contribution in [3.8, 4) is 0 Å². The highest BCUT2D eigenvalue weighted by Gasteiger charge is 2.23. The Kier molecular flexibility index (Phi) is 6.66. The van der Waals surface area contributed by atoms with Crippen LogP contribution in [0.25, 0.3) is 0 Å². The molecule has 0 atom stereocenters. The molecule has 3 amide bonds. The fourth-order valence-corrected chi connectivity index (χ4v) is 2.83. The van der Waals surface area contributed by atoms with E-state index >= 15 is 0 Å². The average Bonchev–Trinajstić information content (AvgIpc) is 3.50. The van der Waals surface area contributed by atoms with Crippen molar-refractivity contribution >= 4 is 17.6 Å². The van der Waals surface area contributed by atoms with Gasteiger partial charge in [-0.3, -0.25) is 4.79 Å². The van der Waals surface area contributed by atoms with Crippen molar-refractivity contribution in [1.82, 2.24) is 15.5 Å². The molecule has 0 bridgehead atoms. The summed E-state index contributed by atoms with van der Waals surface area (Å²) in [6.07, 6.45) is 2.09. The number of nitrogens with zero attached hydrogens (tertiary/aromatic N) is 1. The Morgan fingerprint density at radius 3 is 2.46 bits per heavy atom. The molecule has 28 heavy (non-hydrogen) atoms. The van der Waals surface area contributed by atoms with Crippen LogP contribution in [-0.2, 0) is 13.1 Å². The molecule has 0 heterocycles. The van der Waals surface area contributed by atoms with Gasteiger partial charge in [-0.1, -0.05) is 31.2 Å². The number of rotatable bonds is 8. The minimum absolute atomic E-state index is 0.134. The monoisotopic (exact) mass is 380 g/mol. The number of hydrogen-bond donors (Lipinski definition) is 3. The predicted molar refractivity (Wildman–Crippen MR) is 111 cm³/mol. The molecule has 0 radical (unpaired) electrons. The Morgan fingerprint density at radius 1 is 1.07 bits per heavy atom. The summed E-state index contributed by atoms with van der Waals surface area (Å²) in [5.74, 6) is -0.134. The lowest BCUT2D eigenvalue weighted by atomic mass is 10.1. The van der Waals surface area contributed by atoms with Gasteiger partial charge in [0.25, 0.3) is 5.91 Å². The zero-order chi connectivity index (χ0) is 19.9. The number of hydrogen-bond acceptors (Lipinski definition) is 3. The van der Waals surface area contributed by atoms with Gasteiger partial charge in [-0.2, -0.15) is 0 Å². The molecule has 3 rings (SSSR count). The molecule has 2 aromatic carbocycles. The van der Waals surface area contributed by atoms with E-state index in [9.17, 15) is 9.59 Å². The van der Waals surface area contributed by atoms with Crippen LogP contribution >= 0.6 is 0 Å².